The quantitative estimate of drug-likeness (QED) is 0.615. The molecule has 3 heterocycles. The van der Waals surface area contributed by atoms with E-state index in [2.05, 4.69) is 42.2 Å². The summed E-state index contributed by atoms with van der Waals surface area (Å²) in [7, 11) is 0. The Morgan fingerprint density at radius 1 is 1.06 bits per heavy atom. The maximum Gasteiger partial charge on any atom is 0.251 e. The van der Waals surface area contributed by atoms with Crippen LogP contribution in [0.1, 0.15) is 31.2 Å². The van der Waals surface area contributed by atoms with Gasteiger partial charge >= 0.3 is 0 Å². The number of fused-ring (bicyclic) bond motifs is 1. The summed E-state index contributed by atoms with van der Waals surface area (Å²) in [5, 5.41) is 1.17. The second kappa shape index (κ2) is 8.67. The molecule has 5 rings (SSSR count). The van der Waals surface area contributed by atoms with Crippen LogP contribution in [0.2, 0.25) is 0 Å². The molecule has 0 spiro atoms. The zero-order valence-electron chi connectivity index (χ0n) is 17.9. The van der Waals surface area contributed by atoms with E-state index >= 15 is 0 Å². The first kappa shape index (κ1) is 20.0. The van der Waals surface area contributed by atoms with Crippen LogP contribution in [0.5, 0.6) is 5.75 Å². The van der Waals surface area contributed by atoms with Gasteiger partial charge in [0.15, 0.2) is 0 Å². The standard InChI is InChI=1S/C26H28N2O3/c1-18-6-11-23-22(4-2-14-27-23)25(18)19-7-9-20(10-8-19)31-21-12-15-28(16-13-21)26(29)24-5-3-17-30-24/h2,4,6-11,14,21,24H,3,5,12-13,15-17H2,1H3/t24-/m0/s1. The van der Waals surface area contributed by atoms with Crippen molar-refractivity contribution in [2.75, 3.05) is 19.7 Å². The lowest BCUT2D eigenvalue weighted by atomic mass is 9.96. The van der Waals surface area contributed by atoms with Gasteiger partial charge in [-0.1, -0.05) is 24.3 Å². The molecule has 0 saturated carbocycles. The van der Waals surface area contributed by atoms with Crippen molar-refractivity contribution in [3.63, 3.8) is 0 Å². The minimum absolute atomic E-state index is 0.142. The number of piperidine rings is 1. The molecule has 0 bridgehead atoms. The lowest BCUT2D eigenvalue weighted by Gasteiger charge is -2.33. The third-order valence-electron chi connectivity index (χ3n) is 6.40. The molecule has 0 unspecified atom stereocenters. The molecule has 2 aliphatic rings. The van der Waals surface area contributed by atoms with Crippen LogP contribution >= 0.6 is 0 Å². The van der Waals surface area contributed by atoms with Gasteiger partial charge in [-0.15, -0.1) is 0 Å². The lowest BCUT2D eigenvalue weighted by molar-refractivity contribution is -0.142. The zero-order chi connectivity index (χ0) is 21.2. The van der Waals surface area contributed by atoms with Gasteiger partial charge in [0.05, 0.1) is 5.52 Å². The Morgan fingerprint density at radius 3 is 2.61 bits per heavy atom. The highest BCUT2D eigenvalue weighted by Crippen LogP contribution is 2.32. The predicted molar refractivity (Wildman–Crippen MR) is 121 cm³/mol. The fourth-order valence-corrected chi connectivity index (χ4v) is 4.71. The summed E-state index contributed by atoms with van der Waals surface area (Å²) in [5.41, 5.74) is 4.63. The lowest BCUT2D eigenvalue weighted by Crippen LogP contribution is -2.45. The molecule has 1 aromatic heterocycles. The van der Waals surface area contributed by atoms with E-state index in [-0.39, 0.29) is 18.1 Å². The van der Waals surface area contributed by atoms with Gasteiger partial charge in [-0.05, 0) is 60.7 Å². The van der Waals surface area contributed by atoms with Crippen molar-refractivity contribution in [1.82, 2.24) is 9.88 Å². The Labute approximate surface area is 183 Å². The summed E-state index contributed by atoms with van der Waals surface area (Å²) < 4.78 is 11.8. The van der Waals surface area contributed by atoms with Crippen LogP contribution in [0, 0.1) is 6.92 Å². The van der Waals surface area contributed by atoms with Gasteiger partial charge in [-0.3, -0.25) is 9.78 Å². The molecule has 3 aromatic rings. The maximum absolute atomic E-state index is 12.5. The average molecular weight is 417 g/mol. The molecule has 2 aliphatic heterocycles. The Kier molecular flexibility index (Phi) is 5.60. The molecular formula is C26H28N2O3. The minimum atomic E-state index is -0.224. The number of aryl methyl sites for hydroxylation is 1. The number of likely N-dealkylation sites (tertiary alicyclic amines) is 1. The molecule has 160 valence electrons. The van der Waals surface area contributed by atoms with Crippen molar-refractivity contribution >= 4 is 16.8 Å². The van der Waals surface area contributed by atoms with Crippen molar-refractivity contribution in [1.29, 1.82) is 0 Å². The van der Waals surface area contributed by atoms with E-state index in [0.717, 1.165) is 50.0 Å². The monoisotopic (exact) mass is 416 g/mol. The fraction of sp³-hybridized carbons (Fsp3) is 0.385. The SMILES string of the molecule is Cc1ccc2ncccc2c1-c1ccc(OC2CCN(C(=O)[C@@H]3CCCO3)CC2)cc1. The summed E-state index contributed by atoms with van der Waals surface area (Å²) in [5.74, 6) is 1.03. The van der Waals surface area contributed by atoms with Crippen LogP contribution in [0.3, 0.4) is 0 Å². The number of amides is 1. The third-order valence-corrected chi connectivity index (χ3v) is 6.40. The first-order valence-electron chi connectivity index (χ1n) is 11.2. The number of pyridine rings is 1. The summed E-state index contributed by atoms with van der Waals surface area (Å²) >= 11 is 0. The number of aromatic nitrogens is 1. The second-order valence-electron chi connectivity index (χ2n) is 8.50. The molecule has 0 aliphatic carbocycles. The molecule has 1 atom stereocenters. The van der Waals surface area contributed by atoms with Gasteiger partial charge in [0.25, 0.3) is 5.91 Å². The van der Waals surface area contributed by atoms with E-state index in [1.54, 1.807) is 0 Å². The van der Waals surface area contributed by atoms with Crippen molar-refractivity contribution in [2.45, 2.75) is 44.8 Å². The summed E-state index contributed by atoms with van der Waals surface area (Å²) in [6, 6.07) is 16.7. The highest BCUT2D eigenvalue weighted by molar-refractivity contribution is 5.96. The first-order valence-corrected chi connectivity index (χ1v) is 11.2. The number of ether oxygens (including phenoxy) is 2. The smallest absolute Gasteiger partial charge is 0.251 e. The number of nitrogens with zero attached hydrogens (tertiary/aromatic N) is 2. The number of rotatable bonds is 4. The predicted octanol–water partition coefficient (Wildman–Crippen LogP) is 4.76. The maximum atomic E-state index is 12.5. The van der Waals surface area contributed by atoms with E-state index in [1.165, 1.54) is 22.1 Å². The van der Waals surface area contributed by atoms with Gasteiger partial charge in [0, 0.05) is 44.1 Å². The van der Waals surface area contributed by atoms with Crippen molar-refractivity contribution in [3.05, 3.63) is 60.3 Å². The molecule has 2 fully saturated rings. The van der Waals surface area contributed by atoms with E-state index in [4.69, 9.17) is 9.47 Å². The third kappa shape index (κ3) is 4.15. The van der Waals surface area contributed by atoms with E-state index in [9.17, 15) is 4.79 Å². The van der Waals surface area contributed by atoms with Crippen molar-refractivity contribution in [3.8, 4) is 16.9 Å². The largest absolute Gasteiger partial charge is 0.490 e. The number of carbonyl (C=O) groups excluding carboxylic acids is 1. The Morgan fingerprint density at radius 2 is 1.87 bits per heavy atom. The molecule has 2 saturated heterocycles. The molecule has 0 N–H and O–H groups in total. The first-order chi connectivity index (χ1) is 15.2. The number of benzene rings is 2. The minimum Gasteiger partial charge on any atom is -0.490 e. The zero-order valence-corrected chi connectivity index (χ0v) is 17.9. The highest BCUT2D eigenvalue weighted by Gasteiger charge is 2.31. The van der Waals surface area contributed by atoms with E-state index in [1.807, 2.05) is 29.3 Å². The Bertz CT molecular complexity index is 1070. The highest BCUT2D eigenvalue weighted by atomic mass is 16.5. The van der Waals surface area contributed by atoms with Crippen LogP contribution in [-0.2, 0) is 9.53 Å². The molecular weight excluding hydrogens is 388 g/mol. The summed E-state index contributed by atoms with van der Waals surface area (Å²) in [6.07, 6.45) is 5.30. The molecule has 0 radical (unpaired) electrons. The van der Waals surface area contributed by atoms with Gasteiger partial charge in [-0.2, -0.15) is 0 Å². The van der Waals surface area contributed by atoms with E-state index in [0.29, 0.717) is 6.61 Å². The average Bonchev–Trinajstić information content (AvgIpc) is 3.35. The van der Waals surface area contributed by atoms with Gasteiger partial charge in [0.2, 0.25) is 0 Å². The van der Waals surface area contributed by atoms with Crippen molar-refractivity contribution in [2.24, 2.45) is 0 Å². The molecule has 31 heavy (non-hydrogen) atoms. The molecule has 5 heteroatoms. The van der Waals surface area contributed by atoms with Gasteiger partial charge in [0.1, 0.15) is 18.0 Å². The van der Waals surface area contributed by atoms with Crippen LogP contribution in [0.25, 0.3) is 22.0 Å². The van der Waals surface area contributed by atoms with Crippen LogP contribution in [0.4, 0.5) is 0 Å². The number of carbonyl (C=O) groups is 1. The number of hydrogen-bond acceptors (Lipinski definition) is 4. The Balaban J connectivity index is 1.24. The van der Waals surface area contributed by atoms with Crippen molar-refractivity contribution < 1.29 is 14.3 Å². The molecule has 5 nitrogen and oxygen atoms in total. The topological polar surface area (TPSA) is 51.7 Å². The number of hydrogen-bond donors (Lipinski definition) is 0. The fourth-order valence-electron chi connectivity index (χ4n) is 4.71. The van der Waals surface area contributed by atoms with Crippen LogP contribution in [-0.4, -0.2) is 47.7 Å². The molecule has 1 amide bonds. The van der Waals surface area contributed by atoms with Crippen LogP contribution in [0.15, 0.2) is 54.7 Å². The summed E-state index contributed by atoms with van der Waals surface area (Å²) in [4.78, 5) is 18.9. The van der Waals surface area contributed by atoms with Crippen LogP contribution < -0.4 is 4.74 Å². The van der Waals surface area contributed by atoms with Gasteiger partial charge < -0.3 is 14.4 Å². The second-order valence-corrected chi connectivity index (χ2v) is 8.50. The van der Waals surface area contributed by atoms with E-state index < -0.39 is 0 Å². The summed E-state index contributed by atoms with van der Waals surface area (Å²) in [6.45, 7) is 4.33. The van der Waals surface area contributed by atoms with Gasteiger partial charge in [-0.25, -0.2) is 0 Å². The normalized spacial score (nSPS) is 19.6. The Hall–Kier alpha value is -2.92. The molecule has 2 aromatic carbocycles.